The van der Waals surface area contributed by atoms with E-state index in [1.54, 1.807) is 0 Å². The smallest absolute Gasteiger partial charge is 0.167 e. The molecule has 1 fully saturated rings. The van der Waals surface area contributed by atoms with Crippen molar-refractivity contribution in [3.05, 3.63) is 41.0 Å². The molecule has 2 aliphatic carbocycles. The molecule has 0 bridgehead atoms. The Hall–Kier alpha value is -1.41. The third-order valence-corrected chi connectivity index (χ3v) is 5.99. The quantitative estimate of drug-likeness (QED) is 0.745. The van der Waals surface area contributed by atoms with Crippen molar-refractivity contribution >= 4 is 11.4 Å². The summed E-state index contributed by atoms with van der Waals surface area (Å²) >= 11 is 0. The second-order valence-corrected chi connectivity index (χ2v) is 7.45. The fourth-order valence-electron chi connectivity index (χ4n) is 4.55. The van der Waals surface area contributed by atoms with Crippen LogP contribution < -0.4 is 0 Å². The van der Waals surface area contributed by atoms with E-state index in [2.05, 4.69) is 13.0 Å². The third-order valence-electron chi connectivity index (χ3n) is 5.99. The summed E-state index contributed by atoms with van der Waals surface area (Å²) in [6, 6.07) is 8.01. The SMILES string of the molecule is CC1(C2CC3=C(CO2)c2ccccc2C(=O)C3)CCCCC1. The number of Topliss-reactive ketones (excluding diaryl/α,β-unsaturated/α-hetero) is 1. The van der Waals surface area contributed by atoms with Gasteiger partial charge in [0.25, 0.3) is 0 Å². The molecule has 0 aromatic heterocycles. The van der Waals surface area contributed by atoms with Crippen molar-refractivity contribution in [3.63, 3.8) is 0 Å². The largest absolute Gasteiger partial charge is 0.373 e. The summed E-state index contributed by atoms with van der Waals surface area (Å²) in [7, 11) is 0. The number of rotatable bonds is 1. The summed E-state index contributed by atoms with van der Waals surface area (Å²) in [5.74, 6) is 0.281. The number of ketones is 1. The van der Waals surface area contributed by atoms with Gasteiger partial charge >= 0.3 is 0 Å². The molecular weight excluding hydrogens is 272 g/mol. The lowest BCUT2D eigenvalue weighted by Crippen LogP contribution is -2.40. The number of carbonyl (C=O) groups is 1. The van der Waals surface area contributed by atoms with E-state index in [4.69, 9.17) is 4.74 Å². The number of carbonyl (C=O) groups excluding carboxylic acids is 1. The van der Waals surface area contributed by atoms with Crippen LogP contribution in [0.1, 0.15) is 67.8 Å². The van der Waals surface area contributed by atoms with Gasteiger partial charge in [-0.15, -0.1) is 0 Å². The van der Waals surface area contributed by atoms with Crippen LogP contribution in [0.2, 0.25) is 0 Å². The van der Waals surface area contributed by atoms with Gasteiger partial charge in [-0.1, -0.05) is 56.0 Å². The first-order chi connectivity index (χ1) is 10.7. The number of benzene rings is 1. The van der Waals surface area contributed by atoms with Crippen LogP contribution >= 0.6 is 0 Å². The molecule has 0 radical (unpaired) electrons. The Morgan fingerprint density at radius 2 is 1.82 bits per heavy atom. The predicted molar refractivity (Wildman–Crippen MR) is 87.9 cm³/mol. The number of hydrogen-bond donors (Lipinski definition) is 0. The zero-order valence-corrected chi connectivity index (χ0v) is 13.4. The van der Waals surface area contributed by atoms with Gasteiger partial charge in [0.2, 0.25) is 0 Å². The van der Waals surface area contributed by atoms with Crippen LogP contribution in [0.3, 0.4) is 0 Å². The van der Waals surface area contributed by atoms with Crippen molar-refractivity contribution in [3.8, 4) is 0 Å². The lowest BCUT2D eigenvalue weighted by Gasteiger charge is -2.44. The molecule has 4 rings (SSSR count). The lowest BCUT2D eigenvalue weighted by molar-refractivity contribution is -0.0427. The Morgan fingerprint density at radius 3 is 2.59 bits per heavy atom. The molecule has 0 amide bonds. The Labute approximate surface area is 132 Å². The molecule has 2 heteroatoms. The van der Waals surface area contributed by atoms with Crippen LogP contribution in [0.25, 0.3) is 5.57 Å². The van der Waals surface area contributed by atoms with E-state index in [9.17, 15) is 4.79 Å². The van der Waals surface area contributed by atoms with Gasteiger partial charge in [0.05, 0.1) is 12.7 Å². The van der Waals surface area contributed by atoms with Crippen molar-refractivity contribution in [1.29, 1.82) is 0 Å². The monoisotopic (exact) mass is 296 g/mol. The van der Waals surface area contributed by atoms with E-state index in [-0.39, 0.29) is 5.78 Å². The normalized spacial score (nSPS) is 27.3. The van der Waals surface area contributed by atoms with Gasteiger partial charge in [0, 0.05) is 12.0 Å². The van der Waals surface area contributed by atoms with Crippen molar-refractivity contribution in [2.45, 2.75) is 58.0 Å². The van der Waals surface area contributed by atoms with Gasteiger partial charge in [-0.05, 0) is 35.8 Å². The number of hydrogen-bond acceptors (Lipinski definition) is 2. The molecule has 3 aliphatic rings. The minimum absolute atomic E-state index is 0.281. The van der Waals surface area contributed by atoms with Crippen LogP contribution in [0.15, 0.2) is 29.8 Å². The Kier molecular flexibility index (Phi) is 3.45. The maximum Gasteiger partial charge on any atom is 0.167 e. The molecule has 1 heterocycles. The average molecular weight is 296 g/mol. The van der Waals surface area contributed by atoms with E-state index in [0.717, 1.165) is 17.5 Å². The van der Waals surface area contributed by atoms with Crippen LogP contribution in [0, 0.1) is 5.41 Å². The highest BCUT2D eigenvalue weighted by atomic mass is 16.5. The second-order valence-electron chi connectivity index (χ2n) is 7.45. The minimum Gasteiger partial charge on any atom is -0.373 e. The van der Waals surface area contributed by atoms with Crippen molar-refractivity contribution in [2.75, 3.05) is 6.61 Å². The summed E-state index contributed by atoms with van der Waals surface area (Å²) in [5, 5.41) is 0. The van der Waals surface area contributed by atoms with Gasteiger partial charge < -0.3 is 4.74 Å². The second kappa shape index (κ2) is 5.34. The highest BCUT2D eigenvalue weighted by molar-refractivity contribution is 6.06. The summed E-state index contributed by atoms with van der Waals surface area (Å²) in [6.07, 6.45) is 8.39. The zero-order valence-electron chi connectivity index (χ0n) is 13.4. The molecule has 1 aromatic rings. The van der Waals surface area contributed by atoms with E-state index < -0.39 is 0 Å². The van der Waals surface area contributed by atoms with Gasteiger partial charge in [-0.2, -0.15) is 0 Å². The molecule has 0 spiro atoms. The highest BCUT2D eigenvalue weighted by Gasteiger charge is 2.40. The summed E-state index contributed by atoms with van der Waals surface area (Å²) in [4.78, 5) is 12.4. The first kappa shape index (κ1) is 14.2. The molecule has 0 saturated heterocycles. The van der Waals surface area contributed by atoms with Gasteiger partial charge in [0.1, 0.15) is 0 Å². The molecule has 2 nitrogen and oxygen atoms in total. The highest BCUT2D eigenvalue weighted by Crippen LogP contribution is 2.46. The molecule has 1 saturated carbocycles. The third kappa shape index (κ3) is 2.25. The number of ether oxygens (including phenoxy) is 1. The van der Waals surface area contributed by atoms with Crippen LogP contribution in [-0.4, -0.2) is 18.5 Å². The molecule has 116 valence electrons. The first-order valence-corrected chi connectivity index (χ1v) is 8.62. The van der Waals surface area contributed by atoms with Gasteiger partial charge in [-0.25, -0.2) is 0 Å². The summed E-state index contributed by atoms with van der Waals surface area (Å²) in [6.45, 7) is 3.07. The van der Waals surface area contributed by atoms with E-state index in [1.807, 2.05) is 18.2 Å². The Bertz CT molecular complexity index is 635. The van der Waals surface area contributed by atoms with Crippen molar-refractivity contribution in [1.82, 2.24) is 0 Å². The van der Waals surface area contributed by atoms with Crippen LogP contribution in [0.5, 0.6) is 0 Å². The van der Waals surface area contributed by atoms with E-state index >= 15 is 0 Å². The molecule has 22 heavy (non-hydrogen) atoms. The maximum absolute atomic E-state index is 12.4. The topological polar surface area (TPSA) is 26.3 Å². The maximum atomic E-state index is 12.4. The molecule has 1 atom stereocenters. The molecule has 1 aromatic carbocycles. The Balaban J connectivity index is 1.65. The average Bonchev–Trinajstić information content (AvgIpc) is 2.55. The van der Waals surface area contributed by atoms with Gasteiger partial charge in [0.15, 0.2) is 5.78 Å². The van der Waals surface area contributed by atoms with Crippen LogP contribution in [-0.2, 0) is 4.74 Å². The Morgan fingerprint density at radius 1 is 1.09 bits per heavy atom. The van der Waals surface area contributed by atoms with Crippen LogP contribution in [0.4, 0.5) is 0 Å². The summed E-state index contributed by atoms with van der Waals surface area (Å²) in [5.41, 5.74) is 4.92. The lowest BCUT2D eigenvalue weighted by atomic mass is 9.68. The number of fused-ring (bicyclic) bond motifs is 2. The van der Waals surface area contributed by atoms with E-state index in [0.29, 0.717) is 24.5 Å². The molecule has 1 unspecified atom stereocenters. The molecule has 1 aliphatic heterocycles. The molecule has 0 N–H and O–H groups in total. The molecular formula is C20H24O2. The fraction of sp³-hybridized carbons (Fsp3) is 0.550. The van der Waals surface area contributed by atoms with E-state index in [1.165, 1.54) is 43.3 Å². The van der Waals surface area contributed by atoms with Crippen molar-refractivity contribution in [2.24, 2.45) is 5.41 Å². The summed E-state index contributed by atoms with van der Waals surface area (Å²) < 4.78 is 6.31. The zero-order chi connectivity index (χ0) is 15.2. The minimum atomic E-state index is 0.281. The fourth-order valence-corrected chi connectivity index (χ4v) is 4.55. The van der Waals surface area contributed by atoms with Gasteiger partial charge in [-0.3, -0.25) is 4.79 Å². The predicted octanol–water partition coefficient (Wildman–Crippen LogP) is 4.79. The standard InChI is InChI=1S/C20H24O2/c1-20(9-5-2-6-10-20)19-12-14-11-18(21)16-8-4-3-7-15(16)17(14)13-22-19/h3-4,7-8,19H,2,5-6,9-13H2,1H3. The first-order valence-electron chi connectivity index (χ1n) is 8.62. The van der Waals surface area contributed by atoms with Crippen molar-refractivity contribution < 1.29 is 9.53 Å².